The number of hydrogen-bond donors (Lipinski definition) is 4. The summed E-state index contributed by atoms with van der Waals surface area (Å²) in [5, 5.41) is 5.73. The largest absolute Gasteiger partial charge is 0.477 e. The molecule has 4 aromatic rings. The van der Waals surface area contributed by atoms with Gasteiger partial charge in [0.25, 0.3) is 23.9 Å². The third kappa shape index (κ3) is 10.8. The summed E-state index contributed by atoms with van der Waals surface area (Å²) in [6.07, 6.45) is 9.03. The second kappa shape index (κ2) is 17.5. The van der Waals surface area contributed by atoms with Crippen molar-refractivity contribution >= 4 is 46.8 Å². The van der Waals surface area contributed by atoms with E-state index in [0.29, 0.717) is 37.1 Å². The Kier molecular flexibility index (Phi) is 12.4. The third-order valence-corrected chi connectivity index (χ3v) is 7.60. The molecule has 2 amide bonds. The number of anilines is 2. The van der Waals surface area contributed by atoms with E-state index in [9.17, 15) is 9.59 Å². The van der Waals surface area contributed by atoms with Gasteiger partial charge in [0.2, 0.25) is 5.88 Å². The maximum absolute atomic E-state index is 12.2. The highest BCUT2D eigenvalue weighted by molar-refractivity contribution is 6.29. The highest BCUT2D eigenvalue weighted by Gasteiger charge is 2.17. The molecule has 0 radical (unpaired) electrons. The van der Waals surface area contributed by atoms with Crippen molar-refractivity contribution < 1.29 is 23.8 Å². The molecule has 6 rings (SSSR count). The van der Waals surface area contributed by atoms with Gasteiger partial charge in [0, 0.05) is 11.4 Å². The average molecular weight is 701 g/mol. The van der Waals surface area contributed by atoms with Crippen LogP contribution < -0.4 is 26.8 Å². The van der Waals surface area contributed by atoms with Gasteiger partial charge < -0.3 is 36.3 Å². The van der Waals surface area contributed by atoms with Gasteiger partial charge in [-0.3, -0.25) is 14.6 Å². The number of amides is 2. The van der Waals surface area contributed by atoms with E-state index in [4.69, 9.17) is 37.3 Å². The zero-order chi connectivity index (χ0) is 35.3. The van der Waals surface area contributed by atoms with Gasteiger partial charge in [-0.25, -0.2) is 24.9 Å². The Bertz CT molecular complexity index is 1800. The molecule has 2 aromatic carbocycles. The minimum atomic E-state index is -0.356. The number of ether oxygens (including phenoxy) is 3. The van der Waals surface area contributed by atoms with Crippen LogP contribution in [0.5, 0.6) is 5.88 Å². The molecule has 6 N–H and O–H groups in total. The van der Waals surface area contributed by atoms with Crippen LogP contribution in [0, 0.1) is 0 Å². The molecule has 260 valence electrons. The number of hydrogen-bond acceptors (Lipinski definition) is 13. The molecule has 2 aliphatic heterocycles. The molecule has 15 nitrogen and oxygen atoms in total. The number of amidine groups is 2. The number of halogens is 1. The first-order valence-electron chi connectivity index (χ1n) is 15.9. The van der Waals surface area contributed by atoms with E-state index in [1.54, 1.807) is 0 Å². The van der Waals surface area contributed by atoms with Gasteiger partial charge in [0.15, 0.2) is 0 Å². The van der Waals surface area contributed by atoms with Crippen molar-refractivity contribution in [3.63, 3.8) is 0 Å². The fourth-order valence-corrected chi connectivity index (χ4v) is 4.99. The van der Waals surface area contributed by atoms with Crippen LogP contribution in [0.2, 0.25) is 5.15 Å². The smallest absolute Gasteiger partial charge is 0.282 e. The zero-order valence-electron chi connectivity index (χ0n) is 27.3. The monoisotopic (exact) mass is 700 g/mol. The van der Waals surface area contributed by atoms with E-state index in [0.717, 1.165) is 36.8 Å². The van der Waals surface area contributed by atoms with Gasteiger partial charge in [-0.2, -0.15) is 0 Å². The van der Waals surface area contributed by atoms with Gasteiger partial charge in [-0.15, -0.1) is 0 Å². The normalized spacial score (nSPS) is 16.1. The van der Waals surface area contributed by atoms with Crippen LogP contribution in [0.4, 0.5) is 11.4 Å². The SMILES string of the molecule is CCOc1cnc(C(=O)Nc2ccc(CC[C@H]3COC(N)=N3)cc2)cn1.NC1=N[C@@H](CCc2ccc(NC(=O)c3cncc(Cl)n3)cc2)CO1. The lowest BCUT2D eigenvalue weighted by atomic mass is 10.1. The number of aryl methyl sites for hydroxylation is 2. The number of aromatic nitrogens is 4. The second-order valence-electron chi connectivity index (χ2n) is 11.1. The van der Waals surface area contributed by atoms with Crippen LogP contribution in [0.25, 0.3) is 0 Å². The molecule has 50 heavy (non-hydrogen) atoms. The first-order chi connectivity index (χ1) is 24.2. The van der Waals surface area contributed by atoms with E-state index in [-0.39, 0.29) is 52.5 Å². The predicted octanol–water partition coefficient (Wildman–Crippen LogP) is 3.80. The van der Waals surface area contributed by atoms with Crippen molar-refractivity contribution in [2.45, 2.75) is 44.7 Å². The summed E-state index contributed by atoms with van der Waals surface area (Å²) < 4.78 is 15.5. The summed E-state index contributed by atoms with van der Waals surface area (Å²) in [6.45, 7) is 3.44. The topological polar surface area (TPSA) is 214 Å². The van der Waals surface area contributed by atoms with Gasteiger partial charge in [0.1, 0.15) is 29.8 Å². The van der Waals surface area contributed by atoms with Gasteiger partial charge in [-0.05, 0) is 68.0 Å². The summed E-state index contributed by atoms with van der Waals surface area (Å²) in [7, 11) is 0. The van der Waals surface area contributed by atoms with Crippen molar-refractivity contribution in [1.82, 2.24) is 19.9 Å². The van der Waals surface area contributed by atoms with Gasteiger partial charge in [-0.1, -0.05) is 35.9 Å². The Hall–Kier alpha value is -5.83. The summed E-state index contributed by atoms with van der Waals surface area (Å²) >= 11 is 5.73. The summed E-state index contributed by atoms with van der Waals surface area (Å²) in [6, 6.07) is 16.0. The van der Waals surface area contributed by atoms with E-state index in [2.05, 4.69) is 40.6 Å². The Morgan fingerprint density at radius 1 is 0.780 bits per heavy atom. The van der Waals surface area contributed by atoms with Gasteiger partial charge in [0.05, 0.1) is 43.5 Å². The standard InChI is InChI=1S/C18H21N5O3.C16H16ClN5O2/c1-2-25-16-10-20-15(9-21-16)17(24)22-13-6-3-12(4-7-13)5-8-14-11-26-18(19)23-14;17-14-8-19-7-13(22-14)15(23)20-11-4-1-10(2-5-11)3-6-12-9-24-16(18)21-12/h3-4,6-7,9-10,14H,2,5,8,11H2,1H3,(H2,19,23)(H,22,24);1-2,4-5,7-8,12H,3,6,9H2,(H2,18,21)(H,20,23)/t14-;12-/m00/s1. The Labute approximate surface area is 293 Å². The lowest BCUT2D eigenvalue weighted by Crippen LogP contribution is -2.14. The zero-order valence-corrected chi connectivity index (χ0v) is 28.0. The lowest BCUT2D eigenvalue weighted by Gasteiger charge is -2.08. The van der Waals surface area contributed by atoms with E-state index < -0.39 is 0 Å². The molecule has 0 fully saturated rings. The first kappa shape index (κ1) is 35.5. The third-order valence-electron chi connectivity index (χ3n) is 7.41. The van der Waals surface area contributed by atoms with Crippen LogP contribution in [-0.4, -0.2) is 75.7 Å². The molecular formula is C34H37ClN10O5. The number of nitrogens with zero attached hydrogens (tertiary/aromatic N) is 6. The molecule has 2 aromatic heterocycles. The quantitative estimate of drug-likeness (QED) is 0.167. The van der Waals surface area contributed by atoms with Crippen LogP contribution >= 0.6 is 11.6 Å². The summed E-state index contributed by atoms with van der Waals surface area (Å²) in [5.74, 6) is -0.279. The maximum atomic E-state index is 12.2. The molecule has 0 bridgehead atoms. The summed E-state index contributed by atoms with van der Waals surface area (Å²) in [4.78, 5) is 48.5. The van der Waals surface area contributed by atoms with Crippen molar-refractivity contribution in [3.8, 4) is 5.88 Å². The molecule has 0 saturated heterocycles. The molecule has 0 aliphatic carbocycles. The first-order valence-corrected chi connectivity index (χ1v) is 16.3. The Balaban J connectivity index is 0.000000195. The number of nitrogens with one attached hydrogen (secondary N) is 2. The molecule has 2 atom stereocenters. The lowest BCUT2D eigenvalue weighted by molar-refractivity contribution is 0.101. The molecule has 2 aliphatic rings. The summed E-state index contributed by atoms with van der Waals surface area (Å²) in [5.41, 5.74) is 15.1. The fourth-order valence-electron chi connectivity index (χ4n) is 4.84. The number of aliphatic imine (C=N–C) groups is 2. The fraction of sp³-hybridized carbons (Fsp3) is 0.294. The molecule has 0 saturated carbocycles. The minimum Gasteiger partial charge on any atom is -0.477 e. The van der Waals surface area contributed by atoms with Crippen molar-refractivity contribution in [1.29, 1.82) is 0 Å². The number of nitrogens with two attached hydrogens (primary N) is 2. The molecule has 4 heterocycles. The minimum absolute atomic E-state index is 0.116. The van der Waals surface area contributed by atoms with Crippen LogP contribution in [-0.2, 0) is 22.3 Å². The highest BCUT2D eigenvalue weighted by Crippen LogP contribution is 2.17. The van der Waals surface area contributed by atoms with Crippen molar-refractivity contribution in [2.24, 2.45) is 21.5 Å². The highest BCUT2D eigenvalue weighted by atomic mass is 35.5. The molecule has 0 unspecified atom stereocenters. The van der Waals surface area contributed by atoms with Crippen molar-refractivity contribution in [3.05, 3.63) is 101 Å². The van der Waals surface area contributed by atoms with E-state index in [1.807, 2.05) is 55.5 Å². The molecule has 0 spiro atoms. The Morgan fingerprint density at radius 2 is 1.32 bits per heavy atom. The van der Waals surface area contributed by atoms with Crippen LogP contribution in [0.1, 0.15) is 51.9 Å². The van der Waals surface area contributed by atoms with Crippen LogP contribution in [0.15, 0.2) is 83.3 Å². The van der Waals surface area contributed by atoms with Crippen LogP contribution in [0.3, 0.4) is 0 Å². The second-order valence-corrected chi connectivity index (χ2v) is 11.5. The van der Waals surface area contributed by atoms with E-state index >= 15 is 0 Å². The molecule has 16 heteroatoms. The number of rotatable bonds is 12. The molecular weight excluding hydrogens is 664 g/mol. The Morgan fingerprint density at radius 3 is 1.76 bits per heavy atom. The number of benzene rings is 2. The maximum Gasteiger partial charge on any atom is 0.282 e. The van der Waals surface area contributed by atoms with E-state index in [1.165, 1.54) is 24.8 Å². The van der Waals surface area contributed by atoms with Gasteiger partial charge >= 0.3 is 0 Å². The number of carbonyl (C=O) groups excluding carboxylic acids is 2. The number of carbonyl (C=O) groups is 2. The van der Waals surface area contributed by atoms with Crippen molar-refractivity contribution in [2.75, 3.05) is 30.5 Å². The predicted molar refractivity (Wildman–Crippen MR) is 188 cm³/mol. The average Bonchev–Trinajstić information content (AvgIpc) is 3.75.